The lowest BCUT2D eigenvalue weighted by atomic mass is 9.96. The molecule has 0 aliphatic heterocycles. The number of anilines is 2. The van der Waals surface area contributed by atoms with Gasteiger partial charge < -0.3 is 20.1 Å². The molecule has 3 aromatic heterocycles. The molecule has 5 rings (SSSR count). The average Bonchev–Trinajstić information content (AvgIpc) is 3.49. The molecule has 2 aliphatic carbocycles. The second-order valence-electron chi connectivity index (χ2n) is 11.0. The minimum absolute atomic E-state index is 0.114. The van der Waals surface area contributed by atoms with Crippen molar-refractivity contribution in [3.8, 4) is 0 Å². The second kappa shape index (κ2) is 14.9. The van der Waals surface area contributed by atoms with E-state index in [1.54, 1.807) is 13.8 Å². The maximum absolute atomic E-state index is 13.3. The van der Waals surface area contributed by atoms with Gasteiger partial charge in [0.25, 0.3) is 11.8 Å². The number of pyridine rings is 1. The van der Waals surface area contributed by atoms with Crippen LogP contribution < -0.4 is 10.6 Å². The van der Waals surface area contributed by atoms with Crippen LogP contribution in [0.3, 0.4) is 0 Å². The Labute approximate surface area is 265 Å². The molecule has 3 heterocycles. The van der Waals surface area contributed by atoms with Gasteiger partial charge in [-0.2, -0.15) is 0 Å². The van der Waals surface area contributed by atoms with Gasteiger partial charge in [-0.05, 0) is 88.5 Å². The zero-order chi connectivity index (χ0) is 31.1. The van der Waals surface area contributed by atoms with Gasteiger partial charge in [-0.3, -0.25) is 14.6 Å². The molecule has 0 spiro atoms. The molecule has 0 fully saturated rings. The van der Waals surface area contributed by atoms with Crippen LogP contribution in [0.4, 0.5) is 10.0 Å². The number of esters is 2. The smallest absolute Gasteiger partial charge is 0.341 e. The van der Waals surface area contributed by atoms with Crippen molar-refractivity contribution in [1.29, 1.82) is 0 Å². The van der Waals surface area contributed by atoms with E-state index in [0.29, 0.717) is 21.1 Å². The molecule has 3 aromatic rings. The van der Waals surface area contributed by atoms with Crippen LogP contribution in [0.25, 0.3) is 0 Å². The summed E-state index contributed by atoms with van der Waals surface area (Å²) in [7, 11) is 0. The van der Waals surface area contributed by atoms with Gasteiger partial charge in [0, 0.05) is 16.0 Å². The fourth-order valence-electron chi connectivity index (χ4n) is 5.86. The van der Waals surface area contributed by atoms with E-state index < -0.39 is 23.8 Å². The summed E-state index contributed by atoms with van der Waals surface area (Å²) in [6.07, 6.45) is 13.3. The van der Waals surface area contributed by atoms with Gasteiger partial charge >= 0.3 is 11.9 Å². The Bertz CT molecular complexity index is 1410. The highest BCUT2D eigenvalue weighted by Crippen LogP contribution is 2.39. The molecular formula is C33H39N3O6S2. The fourth-order valence-corrected chi connectivity index (χ4v) is 8.40. The van der Waals surface area contributed by atoms with Crippen LogP contribution in [-0.4, -0.2) is 42.0 Å². The number of fused-ring (bicyclic) bond motifs is 2. The van der Waals surface area contributed by atoms with E-state index in [-0.39, 0.29) is 24.5 Å². The van der Waals surface area contributed by atoms with Crippen molar-refractivity contribution in [2.24, 2.45) is 0 Å². The third-order valence-corrected chi connectivity index (χ3v) is 10.4. The Morgan fingerprint density at radius 1 is 0.682 bits per heavy atom. The van der Waals surface area contributed by atoms with Gasteiger partial charge in [-0.25, -0.2) is 9.59 Å². The van der Waals surface area contributed by atoms with Crippen molar-refractivity contribution in [1.82, 2.24) is 4.98 Å². The number of thiophene rings is 2. The maximum Gasteiger partial charge on any atom is 0.341 e. The fraction of sp³-hybridized carbons (Fsp3) is 0.485. The lowest BCUT2D eigenvalue weighted by molar-refractivity contribution is 0.0516. The third kappa shape index (κ3) is 7.21. The van der Waals surface area contributed by atoms with Gasteiger partial charge in [0.1, 0.15) is 15.7 Å². The van der Waals surface area contributed by atoms with Gasteiger partial charge in [-0.15, -0.1) is 22.7 Å². The Kier molecular flexibility index (Phi) is 10.8. The maximum atomic E-state index is 13.3. The predicted octanol–water partition coefficient (Wildman–Crippen LogP) is 7.38. The zero-order valence-electron chi connectivity index (χ0n) is 25.3. The number of carbonyl (C=O) groups is 4. The topological polar surface area (TPSA) is 124 Å². The zero-order valence-corrected chi connectivity index (χ0v) is 27.0. The van der Waals surface area contributed by atoms with Crippen molar-refractivity contribution in [2.75, 3.05) is 23.8 Å². The quantitative estimate of drug-likeness (QED) is 0.247. The van der Waals surface area contributed by atoms with Crippen molar-refractivity contribution in [2.45, 2.75) is 90.9 Å². The molecular weight excluding hydrogens is 599 g/mol. The predicted molar refractivity (Wildman–Crippen MR) is 172 cm³/mol. The highest BCUT2D eigenvalue weighted by molar-refractivity contribution is 7.17. The van der Waals surface area contributed by atoms with Crippen LogP contribution in [-0.2, 0) is 35.2 Å². The molecule has 11 heteroatoms. The Morgan fingerprint density at radius 2 is 1.16 bits per heavy atom. The number of carbonyl (C=O) groups excluding carboxylic acids is 4. The molecule has 2 N–H and O–H groups in total. The minimum Gasteiger partial charge on any atom is -0.462 e. The van der Waals surface area contributed by atoms with Crippen LogP contribution in [0.15, 0.2) is 18.3 Å². The summed E-state index contributed by atoms with van der Waals surface area (Å²) < 4.78 is 10.7. The Morgan fingerprint density at radius 3 is 1.61 bits per heavy atom. The van der Waals surface area contributed by atoms with Crippen LogP contribution in [0.1, 0.15) is 128 Å². The largest absolute Gasteiger partial charge is 0.462 e. The van der Waals surface area contributed by atoms with E-state index in [4.69, 9.17) is 9.47 Å². The molecule has 9 nitrogen and oxygen atoms in total. The van der Waals surface area contributed by atoms with E-state index in [1.807, 2.05) is 0 Å². The number of amides is 2. The number of nitrogens with one attached hydrogen (secondary N) is 2. The van der Waals surface area contributed by atoms with E-state index >= 15 is 0 Å². The number of hydrogen-bond donors (Lipinski definition) is 2. The normalized spacial score (nSPS) is 15.0. The summed E-state index contributed by atoms with van der Waals surface area (Å²) in [5.74, 6) is -1.74. The second-order valence-corrected chi connectivity index (χ2v) is 13.2. The molecule has 2 amide bonds. The molecule has 0 saturated heterocycles. The molecule has 0 radical (unpaired) electrons. The van der Waals surface area contributed by atoms with Crippen molar-refractivity contribution in [3.05, 3.63) is 61.6 Å². The number of rotatable bonds is 8. The summed E-state index contributed by atoms with van der Waals surface area (Å²) in [6.45, 7) is 4.03. The molecule has 0 aromatic carbocycles. The van der Waals surface area contributed by atoms with E-state index in [1.165, 1.54) is 41.0 Å². The number of aryl methyl sites for hydroxylation is 2. The first-order chi connectivity index (χ1) is 21.4. The molecule has 44 heavy (non-hydrogen) atoms. The first-order valence-corrected chi connectivity index (χ1v) is 17.3. The first kappa shape index (κ1) is 31.8. The van der Waals surface area contributed by atoms with Crippen LogP contribution in [0.2, 0.25) is 0 Å². The number of aromatic nitrogens is 1. The van der Waals surface area contributed by atoms with E-state index in [0.717, 1.165) is 97.9 Å². The average molecular weight is 638 g/mol. The van der Waals surface area contributed by atoms with Crippen molar-refractivity contribution >= 4 is 56.4 Å². The Hall–Kier alpha value is -3.57. The van der Waals surface area contributed by atoms with Crippen LogP contribution in [0, 0.1) is 0 Å². The summed E-state index contributed by atoms with van der Waals surface area (Å²) in [6, 6.07) is 3.02. The van der Waals surface area contributed by atoms with E-state index in [2.05, 4.69) is 15.6 Å². The summed E-state index contributed by atoms with van der Waals surface area (Å²) in [4.78, 5) is 58.9. The standard InChI is InChI=1S/C33H39N3O6S2/c1-3-41-32(39)26-21-13-9-5-7-11-15-24(21)43-30(26)35-28(37)20-17-18-23(34-19-20)29(38)36-31-27(33(40)42-4-2)22-14-10-6-8-12-16-25(22)44-31/h17-19H,3-16H2,1-2H3,(H,35,37)(H,36,38). The molecule has 0 unspecified atom stereocenters. The third-order valence-electron chi connectivity index (χ3n) is 8.01. The molecule has 234 valence electrons. The highest BCUT2D eigenvalue weighted by atomic mass is 32.1. The monoisotopic (exact) mass is 637 g/mol. The molecule has 0 saturated carbocycles. The summed E-state index contributed by atoms with van der Waals surface area (Å²) >= 11 is 2.87. The number of nitrogens with zero attached hydrogens (tertiary/aromatic N) is 1. The molecule has 0 atom stereocenters. The van der Waals surface area contributed by atoms with Gasteiger partial charge in [0.05, 0.1) is 29.9 Å². The molecule has 2 aliphatic rings. The number of hydrogen-bond acceptors (Lipinski definition) is 9. The van der Waals surface area contributed by atoms with E-state index in [9.17, 15) is 19.2 Å². The minimum atomic E-state index is -0.473. The van der Waals surface area contributed by atoms with Crippen LogP contribution in [0.5, 0.6) is 0 Å². The van der Waals surface area contributed by atoms with Gasteiger partial charge in [0.15, 0.2) is 0 Å². The lowest BCUT2D eigenvalue weighted by Gasteiger charge is -2.12. The summed E-state index contributed by atoms with van der Waals surface area (Å²) in [5.41, 5.74) is 3.23. The summed E-state index contributed by atoms with van der Waals surface area (Å²) in [5, 5.41) is 6.76. The SMILES string of the molecule is CCOC(=O)c1c(NC(=O)c2ccc(C(=O)Nc3sc4c(c3C(=O)OCC)CCCCCC4)nc2)sc2c1CCCCCC2. The van der Waals surface area contributed by atoms with Crippen molar-refractivity contribution < 1.29 is 28.7 Å². The highest BCUT2D eigenvalue weighted by Gasteiger charge is 2.28. The molecule has 0 bridgehead atoms. The lowest BCUT2D eigenvalue weighted by Crippen LogP contribution is -2.18. The first-order valence-electron chi connectivity index (χ1n) is 15.6. The van der Waals surface area contributed by atoms with Crippen molar-refractivity contribution in [3.63, 3.8) is 0 Å². The Balaban J connectivity index is 1.34. The van der Waals surface area contributed by atoms with Gasteiger partial charge in [0.2, 0.25) is 0 Å². The van der Waals surface area contributed by atoms with Gasteiger partial charge in [-0.1, -0.05) is 25.7 Å². The van der Waals surface area contributed by atoms with Crippen LogP contribution >= 0.6 is 22.7 Å². The number of ether oxygens (including phenoxy) is 2.